The lowest BCUT2D eigenvalue weighted by Gasteiger charge is -2.40. The number of ether oxygens (including phenoxy) is 1. The normalized spacial score (nSPS) is 20.2. The van der Waals surface area contributed by atoms with Crippen molar-refractivity contribution in [1.82, 2.24) is 0 Å². The number of aliphatic hydroxyl groups excluding tert-OH is 1. The summed E-state index contributed by atoms with van der Waals surface area (Å²) in [6.07, 6.45) is 4.96. The van der Waals surface area contributed by atoms with Crippen LogP contribution in [0.5, 0.6) is 0 Å². The monoisotopic (exact) mass is 286 g/mol. The first-order valence-electron chi connectivity index (χ1n) is 6.74. The minimum atomic E-state index is -0.584. The van der Waals surface area contributed by atoms with E-state index in [0.717, 1.165) is 31.2 Å². The van der Waals surface area contributed by atoms with Gasteiger partial charge in [0, 0.05) is 13.5 Å². The fourth-order valence-corrected chi connectivity index (χ4v) is 3.10. The van der Waals surface area contributed by atoms with Crippen LogP contribution in [0.2, 0.25) is 5.02 Å². The van der Waals surface area contributed by atoms with E-state index in [1.165, 1.54) is 12.5 Å². The van der Waals surface area contributed by atoms with Crippen LogP contribution in [0, 0.1) is 5.82 Å². The van der Waals surface area contributed by atoms with Gasteiger partial charge < -0.3 is 9.84 Å². The van der Waals surface area contributed by atoms with Crippen LogP contribution in [0.4, 0.5) is 4.39 Å². The van der Waals surface area contributed by atoms with E-state index < -0.39 is 17.5 Å². The van der Waals surface area contributed by atoms with Crippen LogP contribution in [0.15, 0.2) is 18.2 Å². The summed E-state index contributed by atoms with van der Waals surface area (Å²) >= 11 is 5.76. The smallest absolute Gasteiger partial charge is 0.141 e. The van der Waals surface area contributed by atoms with Crippen molar-refractivity contribution in [2.24, 2.45) is 0 Å². The number of rotatable bonds is 4. The molecule has 106 valence electrons. The molecule has 4 heteroatoms. The second kappa shape index (κ2) is 6.21. The van der Waals surface area contributed by atoms with Crippen LogP contribution in [0.25, 0.3) is 0 Å². The molecule has 0 saturated heterocycles. The number of methoxy groups -OCH3 is 1. The maximum Gasteiger partial charge on any atom is 0.141 e. The Kier molecular flexibility index (Phi) is 4.82. The summed E-state index contributed by atoms with van der Waals surface area (Å²) in [7, 11) is 1.66. The van der Waals surface area contributed by atoms with Gasteiger partial charge in [-0.2, -0.15) is 0 Å². The molecule has 1 fully saturated rings. The van der Waals surface area contributed by atoms with Crippen molar-refractivity contribution in [2.75, 3.05) is 7.11 Å². The molecule has 1 unspecified atom stereocenters. The Bertz CT molecular complexity index is 430. The number of hydrogen-bond donors (Lipinski definition) is 1. The summed E-state index contributed by atoms with van der Waals surface area (Å²) in [6.45, 7) is 0. The largest absolute Gasteiger partial charge is 0.390 e. The van der Waals surface area contributed by atoms with Gasteiger partial charge in [-0.3, -0.25) is 0 Å². The Morgan fingerprint density at radius 3 is 2.63 bits per heavy atom. The van der Waals surface area contributed by atoms with Gasteiger partial charge in [0.25, 0.3) is 0 Å². The van der Waals surface area contributed by atoms with E-state index in [-0.39, 0.29) is 5.02 Å². The molecule has 0 heterocycles. The highest BCUT2D eigenvalue weighted by molar-refractivity contribution is 6.30. The molecule has 2 nitrogen and oxygen atoms in total. The fourth-order valence-electron chi connectivity index (χ4n) is 2.90. The molecule has 1 aromatic carbocycles. The molecule has 1 aromatic rings. The third-order valence-corrected chi connectivity index (χ3v) is 4.42. The molecular formula is C15H20ClFO2. The zero-order valence-electron chi connectivity index (χ0n) is 11.2. The molecular weight excluding hydrogens is 267 g/mol. The molecule has 1 N–H and O–H groups in total. The van der Waals surface area contributed by atoms with Gasteiger partial charge in [-0.1, -0.05) is 36.9 Å². The predicted molar refractivity (Wildman–Crippen MR) is 73.9 cm³/mol. The van der Waals surface area contributed by atoms with Gasteiger partial charge in [0.15, 0.2) is 0 Å². The van der Waals surface area contributed by atoms with Gasteiger partial charge in [0.2, 0.25) is 0 Å². The number of hydrogen-bond acceptors (Lipinski definition) is 2. The number of benzene rings is 1. The highest BCUT2D eigenvalue weighted by atomic mass is 35.5. The molecule has 0 bridgehead atoms. The van der Waals surface area contributed by atoms with Crippen LogP contribution in [-0.2, 0) is 11.2 Å². The quantitative estimate of drug-likeness (QED) is 0.914. The third kappa shape index (κ3) is 3.28. The first-order chi connectivity index (χ1) is 9.07. The Balaban J connectivity index is 2.10. The van der Waals surface area contributed by atoms with Crippen molar-refractivity contribution in [3.8, 4) is 0 Å². The van der Waals surface area contributed by atoms with Crippen molar-refractivity contribution >= 4 is 11.6 Å². The molecule has 1 saturated carbocycles. The topological polar surface area (TPSA) is 29.5 Å². The van der Waals surface area contributed by atoms with Gasteiger partial charge in [0.05, 0.1) is 16.7 Å². The summed E-state index contributed by atoms with van der Waals surface area (Å²) in [5, 5.41) is 10.6. The second-order valence-corrected chi connectivity index (χ2v) is 5.71. The molecule has 0 spiro atoms. The molecule has 0 aliphatic heterocycles. The average molecular weight is 287 g/mol. The van der Waals surface area contributed by atoms with E-state index in [1.807, 2.05) is 0 Å². The van der Waals surface area contributed by atoms with Gasteiger partial charge >= 0.3 is 0 Å². The first kappa shape index (κ1) is 14.8. The summed E-state index contributed by atoms with van der Waals surface area (Å²) in [5.74, 6) is -0.431. The Labute approximate surface area is 118 Å². The molecule has 0 amide bonds. The van der Waals surface area contributed by atoms with Crippen molar-refractivity contribution in [1.29, 1.82) is 0 Å². The SMILES string of the molecule is COC1(C(O)Cc2ccc(F)c(Cl)c2)CCCCC1. The minimum absolute atomic E-state index is 0.0970. The lowest BCUT2D eigenvalue weighted by Crippen LogP contribution is -2.46. The van der Waals surface area contributed by atoms with Gasteiger partial charge in [-0.05, 0) is 30.5 Å². The zero-order chi connectivity index (χ0) is 13.9. The van der Waals surface area contributed by atoms with Crippen LogP contribution in [0.1, 0.15) is 37.7 Å². The van der Waals surface area contributed by atoms with E-state index in [0.29, 0.717) is 6.42 Å². The van der Waals surface area contributed by atoms with E-state index >= 15 is 0 Å². The van der Waals surface area contributed by atoms with Crippen LogP contribution in [0.3, 0.4) is 0 Å². The highest BCUT2D eigenvalue weighted by Gasteiger charge is 2.39. The number of halogens is 2. The lowest BCUT2D eigenvalue weighted by atomic mass is 9.78. The molecule has 0 aromatic heterocycles. The summed E-state index contributed by atoms with van der Waals surface area (Å²) in [4.78, 5) is 0. The van der Waals surface area contributed by atoms with Crippen molar-refractivity contribution in [3.63, 3.8) is 0 Å². The molecule has 1 aliphatic carbocycles. The summed E-state index contributed by atoms with van der Waals surface area (Å²) < 4.78 is 18.7. The van der Waals surface area contributed by atoms with E-state index in [4.69, 9.17) is 16.3 Å². The average Bonchev–Trinajstić information content (AvgIpc) is 2.43. The molecule has 1 aliphatic rings. The lowest BCUT2D eigenvalue weighted by molar-refractivity contribution is -0.122. The Morgan fingerprint density at radius 2 is 2.05 bits per heavy atom. The third-order valence-electron chi connectivity index (χ3n) is 4.13. The molecule has 2 rings (SSSR count). The Morgan fingerprint density at radius 1 is 1.37 bits per heavy atom. The van der Waals surface area contributed by atoms with E-state index in [9.17, 15) is 9.50 Å². The molecule has 0 radical (unpaired) electrons. The van der Waals surface area contributed by atoms with Gasteiger partial charge in [-0.15, -0.1) is 0 Å². The van der Waals surface area contributed by atoms with Crippen molar-refractivity contribution in [2.45, 2.75) is 50.2 Å². The number of aliphatic hydroxyl groups is 1. The zero-order valence-corrected chi connectivity index (χ0v) is 11.9. The maximum absolute atomic E-state index is 13.1. The molecule has 19 heavy (non-hydrogen) atoms. The standard InChI is InChI=1S/C15H20ClFO2/c1-19-15(7-3-2-4-8-15)14(18)10-11-5-6-13(17)12(16)9-11/h5-6,9,14,18H,2-4,7-8,10H2,1H3. The van der Waals surface area contributed by atoms with Crippen molar-refractivity contribution in [3.05, 3.63) is 34.6 Å². The second-order valence-electron chi connectivity index (χ2n) is 5.30. The fraction of sp³-hybridized carbons (Fsp3) is 0.600. The van der Waals surface area contributed by atoms with Crippen molar-refractivity contribution < 1.29 is 14.2 Å². The minimum Gasteiger partial charge on any atom is -0.390 e. The van der Waals surface area contributed by atoms with Crippen LogP contribution >= 0.6 is 11.6 Å². The van der Waals surface area contributed by atoms with E-state index in [1.54, 1.807) is 19.2 Å². The van der Waals surface area contributed by atoms with Gasteiger partial charge in [-0.25, -0.2) is 4.39 Å². The molecule has 1 atom stereocenters. The Hall–Kier alpha value is -0.640. The van der Waals surface area contributed by atoms with Crippen LogP contribution < -0.4 is 0 Å². The summed E-state index contributed by atoms with van der Waals surface area (Å²) in [5.41, 5.74) is 0.375. The van der Waals surface area contributed by atoms with E-state index in [2.05, 4.69) is 0 Å². The predicted octanol–water partition coefficient (Wildman–Crippen LogP) is 3.73. The summed E-state index contributed by atoms with van der Waals surface area (Å²) in [6, 6.07) is 4.58. The van der Waals surface area contributed by atoms with Crippen LogP contribution in [-0.4, -0.2) is 23.9 Å². The maximum atomic E-state index is 13.1. The highest BCUT2D eigenvalue weighted by Crippen LogP contribution is 2.35. The first-order valence-corrected chi connectivity index (χ1v) is 7.12. The van der Waals surface area contributed by atoms with Gasteiger partial charge in [0.1, 0.15) is 5.82 Å².